The molecule has 8 atom stereocenters. The summed E-state index contributed by atoms with van der Waals surface area (Å²) in [6.07, 6.45) is 9.32. The van der Waals surface area contributed by atoms with Crippen LogP contribution in [0.5, 0.6) is 0 Å². The van der Waals surface area contributed by atoms with Crippen molar-refractivity contribution < 1.29 is 23.8 Å². The van der Waals surface area contributed by atoms with E-state index >= 15 is 0 Å². The van der Waals surface area contributed by atoms with E-state index in [9.17, 15) is 14.7 Å². The second kappa shape index (κ2) is 6.59. The fourth-order valence-electron chi connectivity index (χ4n) is 8.80. The van der Waals surface area contributed by atoms with Gasteiger partial charge < -0.3 is 14.3 Å². The molecule has 0 aromatic carbocycles. The molecule has 1 aromatic heterocycles. The first-order valence-corrected chi connectivity index (χ1v) is 12.3. The number of hydrogen-bond donors (Lipinski definition) is 1. The number of aliphatic hydroxyl groups is 1. The first-order chi connectivity index (χ1) is 15.2. The Labute approximate surface area is 189 Å². The van der Waals surface area contributed by atoms with Crippen LogP contribution >= 0.6 is 0 Å². The molecule has 0 unspecified atom stereocenters. The fraction of sp³-hybridized carbons (Fsp3) is 0.704. The van der Waals surface area contributed by atoms with E-state index in [1.807, 2.05) is 6.92 Å². The molecule has 5 heteroatoms. The lowest BCUT2D eigenvalue weighted by atomic mass is 9.44. The summed E-state index contributed by atoms with van der Waals surface area (Å²) < 4.78 is 12.1. The molecule has 172 valence electrons. The molecule has 2 heterocycles. The van der Waals surface area contributed by atoms with Crippen molar-refractivity contribution in [2.45, 2.75) is 89.8 Å². The van der Waals surface area contributed by atoms with Gasteiger partial charge in [-0.05, 0) is 73.8 Å². The Morgan fingerprint density at radius 3 is 2.62 bits per heavy atom. The number of carbonyl (C=O) groups excluding carboxylic acids is 2. The van der Waals surface area contributed by atoms with Crippen LogP contribution in [-0.4, -0.2) is 28.6 Å². The van der Waals surface area contributed by atoms with Gasteiger partial charge in [-0.1, -0.05) is 25.5 Å². The Hall–Kier alpha value is -1.88. The molecule has 1 N–H and O–H groups in total. The van der Waals surface area contributed by atoms with E-state index in [1.165, 1.54) is 5.57 Å². The first kappa shape index (κ1) is 20.7. The average molecular weight is 439 g/mol. The zero-order chi connectivity index (χ0) is 22.5. The Morgan fingerprint density at radius 2 is 1.94 bits per heavy atom. The highest BCUT2D eigenvalue weighted by molar-refractivity contribution is 5.83. The SMILES string of the molecule is Cc1coc([C@@H]2C=C3CC(=O)CC[C@]3(C)[C@@H]3[C@@H]2[C@@H]2CC[C@@]4(CCC(=O)O4)[C@@]2(C)C[C@H]3O)c1. The summed E-state index contributed by atoms with van der Waals surface area (Å²) in [5.74, 6) is 1.80. The van der Waals surface area contributed by atoms with Gasteiger partial charge in [-0.2, -0.15) is 0 Å². The maximum atomic E-state index is 12.4. The van der Waals surface area contributed by atoms with Crippen molar-refractivity contribution in [3.05, 3.63) is 35.3 Å². The van der Waals surface area contributed by atoms with Gasteiger partial charge in [0.15, 0.2) is 0 Å². The van der Waals surface area contributed by atoms with Gasteiger partial charge in [0.05, 0.1) is 12.4 Å². The summed E-state index contributed by atoms with van der Waals surface area (Å²) in [6, 6.07) is 2.12. The summed E-state index contributed by atoms with van der Waals surface area (Å²) in [5, 5.41) is 11.8. The van der Waals surface area contributed by atoms with Crippen molar-refractivity contribution in [3.63, 3.8) is 0 Å². The molecule has 32 heavy (non-hydrogen) atoms. The van der Waals surface area contributed by atoms with Crippen LogP contribution in [0, 0.1) is 35.5 Å². The number of aliphatic hydroxyl groups excluding tert-OH is 1. The molecular weight excluding hydrogens is 404 g/mol. The highest BCUT2D eigenvalue weighted by Gasteiger charge is 2.70. The standard InChI is InChI=1S/C27H34O5/c1-15-10-21(31-14-15)18-12-16-11-17(28)4-7-25(16,2)24-20(29)13-26(3)19(23(18)24)5-8-27(26)9-6-22(30)32-27/h10,12,14,18-20,23-24,29H,4-9,11,13H2,1-3H3/t18-,19-,20+,23-,24-,25-,26-,27+/m0/s1. The summed E-state index contributed by atoms with van der Waals surface area (Å²) in [5.41, 5.74) is 1.43. The van der Waals surface area contributed by atoms with Crippen LogP contribution in [0.15, 0.2) is 28.4 Å². The first-order valence-electron chi connectivity index (χ1n) is 12.3. The minimum Gasteiger partial charge on any atom is -0.468 e. The second-order valence-corrected chi connectivity index (χ2v) is 11.8. The minimum atomic E-state index is -0.490. The smallest absolute Gasteiger partial charge is 0.306 e. The summed E-state index contributed by atoms with van der Waals surface area (Å²) in [4.78, 5) is 24.6. The van der Waals surface area contributed by atoms with Crippen molar-refractivity contribution in [3.8, 4) is 0 Å². The number of carbonyl (C=O) groups is 2. The van der Waals surface area contributed by atoms with Crippen molar-refractivity contribution in [2.24, 2.45) is 28.6 Å². The van der Waals surface area contributed by atoms with Crippen LogP contribution in [0.4, 0.5) is 0 Å². The average Bonchev–Trinajstić information content (AvgIpc) is 3.40. The third kappa shape index (κ3) is 2.55. The van der Waals surface area contributed by atoms with Gasteiger partial charge in [-0.15, -0.1) is 0 Å². The maximum Gasteiger partial charge on any atom is 0.306 e. The zero-order valence-electron chi connectivity index (χ0n) is 19.4. The third-order valence-corrected chi connectivity index (χ3v) is 10.3. The summed E-state index contributed by atoms with van der Waals surface area (Å²) in [7, 11) is 0. The van der Waals surface area contributed by atoms with Crippen LogP contribution in [0.3, 0.4) is 0 Å². The number of fused-ring (bicyclic) bond motifs is 6. The molecule has 1 saturated heterocycles. The Balaban J connectivity index is 1.51. The van der Waals surface area contributed by atoms with Gasteiger partial charge in [0.1, 0.15) is 17.1 Å². The molecule has 1 spiro atoms. The van der Waals surface area contributed by atoms with Gasteiger partial charge in [0.2, 0.25) is 0 Å². The second-order valence-electron chi connectivity index (χ2n) is 11.8. The van der Waals surface area contributed by atoms with E-state index in [0.29, 0.717) is 37.4 Å². The lowest BCUT2D eigenvalue weighted by Gasteiger charge is -2.61. The number of allylic oxidation sites excluding steroid dienone is 2. The molecule has 0 bridgehead atoms. The van der Waals surface area contributed by atoms with E-state index in [2.05, 4.69) is 26.0 Å². The van der Waals surface area contributed by atoms with Gasteiger partial charge in [0.25, 0.3) is 0 Å². The number of ketones is 1. The van der Waals surface area contributed by atoms with E-state index in [0.717, 1.165) is 37.0 Å². The van der Waals surface area contributed by atoms with Crippen LogP contribution in [-0.2, 0) is 14.3 Å². The molecule has 0 amide bonds. The topological polar surface area (TPSA) is 76.7 Å². The Bertz CT molecular complexity index is 1020. The van der Waals surface area contributed by atoms with E-state index < -0.39 is 11.7 Å². The van der Waals surface area contributed by atoms with E-state index in [-0.39, 0.29) is 34.6 Å². The maximum absolute atomic E-state index is 12.4. The predicted molar refractivity (Wildman–Crippen MR) is 118 cm³/mol. The molecule has 4 fully saturated rings. The highest BCUT2D eigenvalue weighted by atomic mass is 16.6. The monoisotopic (exact) mass is 438 g/mol. The number of rotatable bonds is 1. The number of aryl methyl sites for hydroxylation is 1. The van der Waals surface area contributed by atoms with Crippen molar-refractivity contribution in [1.29, 1.82) is 0 Å². The number of esters is 1. The lowest BCUT2D eigenvalue weighted by molar-refractivity contribution is -0.184. The van der Waals surface area contributed by atoms with Crippen molar-refractivity contribution in [1.82, 2.24) is 0 Å². The van der Waals surface area contributed by atoms with Crippen LogP contribution < -0.4 is 0 Å². The third-order valence-electron chi connectivity index (χ3n) is 10.3. The molecule has 1 aromatic rings. The molecule has 6 rings (SSSR count). The van der Waals surface area contributed by atoms with Crippen molar-refractivity contribution in [2.75, 3.05) is 0 Å². The van der Waals surface area contributed by atoms with Crippen LogP contribution in [0.2, 0.25) is 0 Å². The largest absolute Gasteiger partial charge is 0.468 e. The number of Topliss-reactive ketones (excluding diaryl/α,β-unsaturated/α-hetero) is 1. The van der Waals surface area contributed by atoms with Crippen LogP contribution in [0.1, 0.15) is 82.5 Å². The number of furan rings is 1. The Morgan fingerprint density at radius 1 is 1.12 bits per heavy atom. The predicted octanol–water partition coefficient (Wildman–Crippen LogP) is 4.86. The molecule has 4 aliphatic carbocycles. The van der Waals surface area contributed by atoms with Gasteiger partial charge in [-0.3, -0.25) is 9.59 Å². The Kier molecular flexibility index (Phi) is 4.26. The number of hydrogen-bond acceptors (Lipinski definition) is 5. The van der Waals surface area contributed by atoms with Gasteiger partial charge in [0, 0.05) is 30.6 Å². The zero-order valence-corrected chi connectivity index (χ0v) is 19.4. The lowest BCUT2D eigenvalue weighted by Crippen LogP contribution is -2.60. The quantitative estimate of drug-likeness (QED) is 0.500. The molecule has 5 aliphatic rings. The molecule has 1 aliphatic heterocycles. The van der Waals surface area contributed by atoms with Gasteiger partial charge in [-0.25, -0.2) is 0 Å². The van der Waals surface area contributed by atoms with E-state index in [4.69, 9.17) is 9.15 Å². The van der Waals surface area contributed by atoms with Crippen LogP contribution in [0.25, 0.3) is 0 Å². The summed E-state index contributed by atoms with van der Waals surface area (Å²) >= 11 is 0. The highest BCUT2D eigenvalue weighted by Crippen LogP contribution is 2.71. The van der Waals surface area contributed by atoms with Crippen molar-refractivity contribution >= 4 is 11.8 Å². The number of ether oxygens (including phenoxy) is 1. The van der Waals surface area contributed by atoms with Gasteiger partial charge >= 0.3 is 5.97 Å². The normalized spacial score (nSPS) is 47.6. The molecule has 5 nitrogen and oxygen atoms in total. The molecule has 0 radical (unpaired) electrons. The molecule has 3 saturated carbocycles. The minimum absolute atomic E-state index is 0.0363. The fourth-order valence-corrected chi connectivity index (χ4v) is 8.80. The molecular formula is C27H34O5. The van der Waals surface area contributed by atoms with E-state index in [1.54, 1.807) is 6.26 Å². The summed E-state index contributed by atoms with van der Waals surface area (Å²) in [6.45, 7) is 6.58.